The summed E-state index contributed by atoms with van der Waals surface area (Å²) in [5.41, 5.74) is 1.36. The predicted octanol–water partition coefficient (Wildman–Crippen LogP) is 3.66. The molecule has 27 heavy (non-hydrogen) atoms. The molecule has 1 heterocycles. The average molecular weight is 486 g/mol. The van der Waals surface area contributed by atoms with Gasteiger partial charge in [0, 0.05) is 25.2 Å². The van der Waals surface area contributed by atoms with E-state index in [-0.39, 0.29) is 24.0 Å². The highest BCUT2D eigenvalue weighted by atomic mass is 127. The number of nitrogens with one attached hydrogen (secondary N) is 2. The van der Waals surface area contributed by atoms with Crippen LogP contribution in [0.4, 0.5) is 0 Å². The lowest BCUT2D eigenvalue weighted by molar-refractivity contribution is 0.125. The molecule has 4 atom stereocenters. The first kappa shape index (κ1) is 22.3. The van der Waals surface area contributed by atoms with Crippen molar-refractivity contribution >= 4 is 29.9 Å². The molecule has 4 unspecified atom stereocenters. The zero-order chi connectivity index (χ0) is 18.5. The molecule has 0 aromatic heterocycles. The maximum Gasteiger partial charge on any atom is 0.191 e. The minimum Gasteiger partial charge on any atom is -0.497 e. The highest BCUT2D eigenvalue weighted by molar-refractivity contribution is 14.0. The molecule has 2 aliphatic rings. The Hall–Kier alpha value is -1.02. The standard InChI is InChI=1S/C21H34N4O.HI/c1-5-22-21(24-19-13-15(19)2)23-14-17-7-6-12-25(3)20(17)16-8-10-18(26-4)11-9-16;/h8-11,15,17,19-20H,5-7,12-14H2,1-4H3,(H2,22,23,24);1H. The fourth-order valence-electron chi connectivity index (χ4n) is 4.01. The SMILES string of the molecule is CCNC(=NCC1CCCN(C)C1c1ccc(OC)cc1)NC1CC1C.I. The number of hydrogen-bond acceptors (Lipinski definition) is 3. The molecule has 1 aromatic carbocycles. The van der Waals surface area contributed by atoms with E-state index in [1.54, 1.807) is 7.11 Å². The van der Waals surface area contributed by atoms with Crippen molar-refractivity contribution in [3.8, 4) is 5.75 Å². The van der Waals surface area contributed by atoms with Gasteiger partial charge in [-0.15, -0.1) is 24.0 Å². The van der Waals surface area contributed by atoms with Gasteiger partial charge in [-0.05, 0) is 69.3 Å². The van der Waals surface area contributed by atoms with E-state index in [2.05, 4.69) is 60.7 Å². The Kier molecular flexibility index (Phi) is 8.66. The molecule has 152 valence electrons. The number of halogens is 1. The van der Waals surface area contributed by atoms with Gasteiger partial charge in [-0.2, -0.15) is 0 Å². The third-order valence-electron chi connectivity index (χ3n) is 5.72. The molecule has 0 amide bonds. The summed E-state index contributed by atoms with van der Waals surface area (Å²) in [7, 11) is 3.95. The lowest BCUT2D eigenvalue weighted by Crippen LogP contribution is -2.41. The van der Waals surface area contributed by atoms with Crippen molar-refractivity contribution in [2.75, 3.05) is 33.8 Å². The molecule has 1 aromatic rings. The molecular formula is C21H35IN4O. The molecule has 1 saturated carbocycles. The highest BCUT2D eigenvalue weighted by Crippen LogP contribution is 2.36. The number of methoxy groups -OCH3 is 1. The van der Waals surface area contributed by atoms with E-state index in [0.717, 1.165) is 37.3 Å². The quantitative estimate of drug-likeness (QED) is 0.366. The van der Waals surface area contributed by atoms with Gasteiger partial charge >= 0.3 is 0 Å². The Morgan fingerprint density at radius 3 is 2.59 bits per heavy atom. The fourth-order valence-corrected chi connectivity index (χ4v) is 4.01. The number of hydrogen-bond donors (Lipinski definition) is 2. The highest BCUT2D eigenvalue weighted by Gasteiger charge is 2.34. The maximum absolute atomic E-state index is 5.32. The third-order valence-corrected chi connectivity index (χ3v) is 5.72. The van der Waals surface area contributed by atoms with Gasteiger partial charge in [0.1, 0.15) is 5.75 Å². The Balaban J connectivity index is 0.00000261. The van der Waals surface area contributed by atoms with Gasteiger partial charge in [0.15, 0.2) is 5.96 Å². The van der Waals surface area contributed by atoms with Crippen LogP contribution in [0.3, 0.4) is 0 Å². The van der Waals surface area contributed by atoms with Gasteiger partial charge in [-0.3, -0.25) is 9.89 Å². The molecule has 0 bridgehead atoms. The zero-order valence-electron chi connectivity index (χ0n) is 17.1. The second-order valence-corrected chi connectivity index (χ2v) is 7.78. The van der Waals surface area contributed by atoms with Crippen molar-refractivity contribution < 1.29 is 4.74 Å². The largest absolute Gasteiger partial charge is 0.497 e. The monoisotopic (exact) mass is 486 g/mol. The minimum absolute atomic E-state index is 0. The van der Waals surface area contributed by atoms with Gasteiger partial charge < -0.3 is 15.4 Å². The molecule has 3 rings (SSSR count). The van der Waals surface area contributed by atoms with Crippen molar-refractivity contribution in [2.45, 2.75) is 45.2 Å². The topological polar surface area (TPSA) is 48.9 Å². The Morgan fingerprint density at radius 1 is 1.30 bits per heavy atom. The van der Waals surface area contributed by atoms with Gasteiger partial charge in [0.25, 0.3) is 0 Å². The molecule has 1 saturated heterocycles. The van der Waals surface area contributed by atoms with Crippen molar-refractivity contribution in [1.29, 1.82) is 0 Å². The van der Waals surface area contributed by atoms with Gasteiger partial charge in [0.2, 0.25) is 0 Å². The smallest absolute Gasteiger partial charge is 0.191 e. The first-order chi connectivity index (χ1) is 12.6. The van der Waals surface area contributed by atoms with E-state index < -0.39 is 0 Å². The number of rotatable bonds is 6. The minimum atomic E-state index is 0. The molecule has 2 fully saturated rings. The number of piperidine rings is 1. The Bertz CT molecular complexity index is 607. The van der Waals surface area contributed by atoms with Crippen LogP contribution in [0.25, 0.3) is 0 Å². The first-order valence-electron chi connectivity index (χ1n) is 10.0. The Morgan fingerprint density at radius 2 is 2.00 bits per heavy atom. The van der Waals surface area contributed by atoms with E-state index in [1.165, 1.54) is 24.8 Å². The lowest BCUT2D eigenvalue weighted by atomic mass is 9.85. The van der Waals surface area contributed by atoms with Crippen LogP contribution in [-0.2, 0) is 0 Å². The van der Waals surface area contributed by atoms with Crippen LogP contribution < -0.4 is 15.4 Å². The van der Waals surface area contributed by atoms with Crippen LogP contribution in [-0.4, -0.2) is 50.7 Å². The second kappa shape index (κ2) is 10.5. The molecule has 0 radical (unpaired) electrons. The molecule has 2 N–H and O–H groups in total. The zero-order valence-corrected chi connectivity index (χ0v) is 19.4. The van der Waals surface area contributed by atoms with Crippen LogP contribution >= 0.6 is 24.0 Å². The number of nitrogens with zero attached hydrogens (tertiary/aromatic N) is 2. The molecular weight excluding hydrogens is 451 g/mol. The van der Waals surface area contributed by atoms with Crippen molar-refractivity contribution in [2.24, 2.45) is 16.8 Å². The maximum atomic E-state index is 5.32. The summed E-state index contributed by atoms with van der Waals surface area (Å²) in [6.07, 6.45) is 3.72. The number of guanidine groups is 1. The molecule has 1 aliphatic heterocycles. The fraction of sp³-hybridized carbons (Fsp3) is 0.667. The summed E-state index contributed by atoms with van der Waals surface area (Å²) >= 11 is 0. The molecule has 6 heteroatoms. The van der Waals surface area contributed by atoms with Crippen LogP contribution in [0.15, 0.2) is 29.3 Å². The summed E-state index contributed by atoms with van der Waals surface area (Å²) in [4.78, 5) is 7.42. The van der Waals surface area contributed by atoms with Crippen LogP contribution in [0.1, 0.15) is 44.7 Å². The second-order valence-electron chi connectivity index (χ2n) is 7.78. The molecule has 1 aliphatic carbocycles. The number of aliphatic imine (C=N–C) groups is 1. The Labute approximate surface area is 181 Å². The normalized spacial score (nSPS) is 28.2. The number of likely N-dealkylation sites (tertiary alicyclic amines) is 1. The van der Waals surface area contributed by atoms with Gasteiger partial charge in [-0.25, -0.2) is 0 Å². The lowest BCUT2D eigenvalue weighted by Gasteiger charge is -2.39. The van der Waals surface area contributed by atoms with Gasteiger partial charge in [-0.1, -0.05) is 19.1 Å². The summed E-state index contributed by atoms with van der Waals surface area (Å²) in [6, 6.07) is 9.56. The average Bonchev–Trinajstić information content (AvgIpc) is 3.34. The van der Waals surface area contributed by atoms with E-state index in [4.69, 9.17) is 9.73 Å². The van der Waals surface area contributed by atoms with Crippen LogP contribution in [0.2, 0.25) is 0 Å². The summed E-state index contributed by atoms with van der Waals surface area (Å²) in [5, 5.41) is 6.97. The number of ether oxygens (including phenoxy) is 1. The third kappa shape index (κ3) is 5.98. The van der Waals surface area contributed by atoms with Crippen molar-refractivity contribution in [1.82, 2.24) is 15.5 Å². The van der Waals surface area contributed by atoms with Crippen molar-refractivity contribution in [3.63, 3.8) is 0 Å². The van der Waals surface area contributed by atoms with E-state index in [1.807, 2.05) is 0 Å². The first-order valence-corrected chi connectivity index (χ1v) is 10.0. The predicted molar refractivity (Wildman–Crippen MR) is 123 cm³/mol. The molecule has 0 spiro atoms. The molecule has 5 nitrogen and oxygen atoms in total. The summed E-state index contributed by atoms with van der Waals surface area (Å²) < 4.78 is 5.32. The summed E-state index contributed by atoms with van der Waals surface area (Å²) in [6.45, 7) is 7.32. The van der Waals surface area contributed by atoms with E-state index in [0.29, 0.717) is 18.0 Å². The van der Waals surface area contributed by atoms with Gasteiger partial charge in [0.05, 0.1) is 7.11 Å². The summed E-state index contributed by atoms with van der Waals surface area (Å²) in [5.74, 6) is 3.20. The van der Waals surface area contributed by atoms with Crippen LogP contribution in [0.5, 0.6) is 5.75 Å². The number of benzene rings is 1. The van der Waals surface area contributed by atoms with Crippen molar-refractivity contribution in [3.05, 3.63) is 29.8 Å². The van der Waals surface area contributed by atoms with E-state index >= 15 is 0 Å². The van der Waals surface area contributed by atoms with E-state index in [9.17, 15) is 0 Å². The van der Waals surface area contributed by atoms with Crippen LogP contribution in [0, 0.1) is 11.8 Å².